The third kappa shape index (κ3) is 11.9. The molecule has 0 saturated carbocycles. The van der Waals surface area contributed by atoms with Gasteiger partial charge < -0.3 is 20.0 Å². The molecule has 0 aliphatic rings. The van der Waals surface area contributed by atoms with Crippen molar-refractivity contribution in [3.8, 4) is 5.75 Å². The first kappa shape index (κ1) is 18.2. The third-order valence-corrected chi connectivity index (χ3v) is 1.80. The number of hydrogen-bond acceptors (Lipinski definition) is 4. The minimum Gasteiger partial charge on any atom is -0.508 e. The van der Waals surface area contributed by atoms with E-state index >= 15 is 0 Å². The first-order chi connectivity index (χ1) is 8.60. The van der Waals surface area contributed by atoms with Gasteiger partial charge in [0.05, 0.1) is 0 Å². The van der Waals surface area contributed by atoms with Crippen LogP contribution in [0, 0.1) is 6.92 Å². The minimum absolute atomic E-state index is 0.0860. The number of rotatable bonds is 3. The Morgan fingerprint density at radius 1 is 1.33 bits per heavy atom. The highest BCUT2D eigenvalue weighted by Crippen LogP contribution is 2.07. The average Bonchev–Trinajstić information content (AvgIpc) is 2.42. The van der Waals surface area contributed by atoms with Crippen LogP contribution in [0.15, 0.2) is 24.3 Å². The Hall–Kier alpha value is -2.17. The van der Waals surface area contributed by atoms with Crippen LogP contribution in [0.1, 0.15) is 18.4 Å². The molecule has 0 atom stereocenters. The van der Waals surface area contributed by atoms with Crippen molar-refractivity contribution in [1.82, 2.24) is 5.32 Å². The highest BCUT2D eigenvalue weighted by Gasteiger charge is 1.93. The van der Waals surface area contributed by atoms with Crippen molar-refractivity contribution in [3.63, 3.8) is 0 Å². The van der Waals surface area contributed by atoms with E-state index < -0.39 is 0 Å². The number of hydrogen-bond donors (Lipinski definition) is 2. The van der Waals surface area contributed by atoms with E-state index in [1.54, 1.807) is 19.2 Å². The summed E-state index contributed by atoms with van der Waals surface area (Å²) in [6.07, 6.45) is 1.36. The van der Waals surface area contributed by atoms with Crippen molar-refractivity contribution < 1.29 is 19.5 Å². The molecule has 1 amide bonds. The monoisotopic (exact) mass is 253 g/mol. The van der Waals surface area contributed by atoms with Crippen molar-refractivity contribution >= 4 is 19.0 Å². The van der Waals surface area contributed by atoms with Crippen LogP contribution in [-0.4, -0.2) is 31.1 Å². The summed E-state index contributed by atoms with van der Waals surface area (Å²) < 4.78 is 0. The summed E-state index contributed by atoms with van der Waals surface area (Å²) >= 11 is 0. The number of phenols is 1. The average molecular weight is 253 g/mol. The number of carbonyl (C=O) groups excluding carboxylic acids is 3. The van der Waals surface area contributed by atoms with Gasteiger partial charge in [0.25, 0.3) is 0 Å². The van der Waals surface area contributed by atoms with Crippen LogP contribution in [-0.2, 0) is 14.4 Å². The number of nitrogens with one attached hydrogen (secondary N) is 1. The van der Waals surface area contributed by atoms with Crippen LogP contribution in [0.25, 0.3) is 0 Å². The van der Waals surface area contributed by atoms with Gasteiger partial charge in [-0.1, -0.05) is 17.7 Å². The smallest absolute Gasteiger partial charge is 0.220 e. The Kier molecular flexibility index (Phi) is 13.0. The molecule has 1 aromatic rings. The first-order valence-electron chi connectivity index (χ1n) is 5.29. The zero-order valence-corrected chi connectivity index (χ0v) is 10.7. The van der Waals surface area contributed by atoms with Crippen LogP contribution in [0.3, 0.4) is 0 Å². The molecule has 0 heterocycles. The summed E-state index contributed by atoms with van der Waals surface area (Å²) in [6.45, 7) is 3.99. The molecule has 0 fully saturated rings. The van der Waals surface area contributed by atoms with Gasteiger partial charge in [-0.15, -0.1) is 0 Å². The van der Waals surface area contributed by atoms with E-state index in [9.17, 15) is 9.59 Å². The lowest BCUT2D eigenvalue weighted by molar-refractivity contribution is -0.122. The summed E-state index contributed by atoms with van der Waals surface area (Å²) in [4.78, 5) is 27.9. The number of aldehydes is 1. The van der Waals surface area contributed by atoms with Gasteiger partial charge in [-0.25, -0.2) is 0 Å². The Bertz CT molecular complexity index is 314. The van der Waals surface area contributed by atoms with Gasteiger partial charge in [-0.2, -0.15) is 0 Å². The number of carbonyl (C=O) groups is 3. The zero-order chi connectivity index (χ0) is 14.4. The summed E-state index contributed by atoms with van der Waals surface area (Å²) in [6, 6.07) is 7.09. The highest BCUT2D eigenvalue weighted by molar-refractivity contribution is 5.77. The van der Waals surface area contributed by atoms with Crippen LogP contribution in [0.2, 0.25) is 0 Å². The number of aryl methyl sites for hydroxylation is 1. The number of benzene rings is 1. The standard InChI is InChI=1S/C7H8O.C5H9NO2.CH2O/c1-6-2-4-7(8)5-3-6;1-6-5(8)3-2-4-7;1-2/h2-5,8H,1H3;4H,2-3H2,1H3,(H,6,8);1H2. The summed E-state index contributed by atoms with van der Waals surface area (Å²) in [5.41, 5.74) is 1.17. The highest BCUT2D eigenvalue weighted by atomic mass is 16.3. The van der Waals surface area contributed by atoms with Gasteiger partial charge in [0.2, 0.25) is 5.91 Å². The molecule has 1 aromatic carbocycles. The molecule has 100 valence electrons. The number of phenolic OH excluding ortho intramolecular Hbond substituents is 1. The molecule has 0 radical (unpaired) electrons. The molecule has 2 N–H and O–H groups in total. The molecule has 0 aromatic heterocycles. The molecular formula is C13H19NO4. The summed E-state index contributed by atoms with van der Waals surface area (Å²) in [5.74, 6) is 0.243. The van der Waals surface area contributed by atoms with E-state index in [-0.39, 0.29) is 5.91 Å². The van der Waals surface area contributed by atoms with E-state index in [1.807, 2.05) is 25.8 Å². The zero-order valence-electron chi connectivity index (χ0n) is 10.7. The SMILES string of the molecule is C=O.CNC(=O)CCC=O.Cc1ccc(O)cc1. The van der Waals surface area contributed by atoms with Gasteiger partial charge in [-0.05, 0) is 19.1 Å². The lowest BCUT2D eigenvalue weighted by Gasteiger charge is -1.90. The molecule has 0 aliphatic heterocycles. The third-order valence-electron chi connectivity index (χ3n) is 1.80. The lowest BCUT2D eigenvalue weighted by Crippen LogP contribution is -2.16. The van der Waals surface area contributed by atoms with E-state index in [0.29, 0.717) is 18.6 Å². The molecule has 5 heteroatoms. The fraction of sp³-hybridized carbons (Fsp3) is 0.308. The normalized spacial score (nSPS) is 7.89. The first-order valence-corrected chi connectivity index (χ1v) is 5.29. The van der Waals surface area contributed by atoms with Crippen LogP contribution >= 0.6 is 0 Å². The van der Waals surface area contributed by atoms with E-state index in [0.717, 1.165) is 6.29 Å². The van der Waals surface area contributed by atoms with Gasteiger partial charge >= 0.3 is 0 Å². The maximum absolute atomic E-state index is 10.3. The molecule has 0 aliphatic carbocycles. The van der Waals surface area contributed by atoms with Gasteiger partial charge in [0.15, 0.2) is 0 Å². The second-order valence-corrected chi connectivity index (χ2v) is 3.21. The van der Waals surface area contributed by atoms with Crippen LogP contribution in [0.4, 0.5) is 0 Å². The topological polar surface area (TPSA) is 83.5 Å². The molecule has 0 spiro atoms. The van der Waals surface area contributed by atoms with Crippen LogP contribution in [0.5, 0.6) is 5.75 Å². The molecule has 0 saturated heterocycles. The largest absolute Gasteiger partial charge is 0.508 e. The predicted molar refractivity (Wildman–Crippen MR) is 69.3 cm³/mol. The van der Waals surface area contributed by atoms with Gasteiger partial charge in [-0.3, -0.25) is 4.79 Å². The predicted octanol–water partition coefficient (Wildman–Crippen LogP) is 1.23. The Labute approximate surface area is 107 Å². The van der Waals surface area contributed by atoms with E-state index in [2.05, 4.69) is 5.32 Å². The second-order valence-electron chi connectivity index (χ2n) is 3.21. The van der Waals surface area contributed by atoms with Crippen molar-refractivity contribution in [1.29, 1.82) is 0 Å². The Balaban J connectivity index is 0. The summed E-state index contributed by atoms with van der Waals surface area (Å²) in [5, 5.41) is 11.2. The van der Waals surface area contributed by atoms with Gasteiger partial charge in [0, 0.05) is 19.9 Å². The summed E-state index contributed by atoms with van der Waals surface area (Å²) in [7, 11) is 1.55. The fourth-order valence-electron chi connectivity index (χ4n) is 0.860. The van der Waals surface area contributed by atoms with Crippen molar-refractivity contribution in [3.05, 3.63) is 29.8 Å². The van der Waals surface area contributed by atoms with E-state index in [4.69, 9.17) is 9.90 Å². The van der Waals surface area contributed by atoms with Crippen molar-refractivity contribution in [2.45, 2.75) is 19.8 Å². The number of aromatic hydroxyl groups is 1. The molecule has 0 bridgehead atoms. The van der Waals surface area contributed by atoms with Gasteiger partial charge in [0.1, 0.15) is 18.8 Å². The Morgan fingerprint density at radius 2 is 1.83 bits per heavy atom. The molecule has 1 rings (SSSR count). The molecular weight excluding hydrogens is 234 g/mol. The van der Waals surface area contributed by atoms with Crippen molar-refractivity contribution in [2.75, 3.05) is 7.05 Å². The van der Waals surface area contributed by atoms with E-state index in [1.165, 1.54) is 5.56 Å². The Morgan fingerprint density at radius 3 is 2.17 bits per heavy atom. The number of amides is 1. The lowest BCUT2D eigenvalue weighted by atomic mass is 10.2. The van der Waals surface area contributed by atoms with Crippen molar-refractivity contribution in [2.24, 2.45) is 0 Å². The molecule has 0 unspecified atom stereocenters. The quantitative estimate of drug-likeness (QED) is 0.793. The van der Waals surface area contributed by atoms with Crippen LogP contribution < -0.4 is 5.32 Å². The maximum atomic E-state index is 10.3. The fourth-order valence-corrected chi connectivity index (χ4v) is 0.860. The second kappa shape index (κ2) is 12.9. The minimum atomic E-state index is -0.0860. The molecule has 18 heavy (non-hydrogen) atoms. The molecule has 5 nitrogen and oxygen atoms in total. The maximum Gasteiger partial charge on any atom is 0.220 e.